The lowest BCUT2D eigenvalue weighted by atomic mass is 10.2. The summed E-state index contributed by atoms with van der Waals surface area (Å²) in [4.78, 5) is 14.4. The van der Waals surface area contributed by atoms with Gasteiger partial charge in [-0.05, 0) is 18.2 Å². The summed E-state index contributed by atoms with van der Waals surface area (Å²) in [6.07, 6.45) is 1.48. The predicted molar refractivity (Wildman–Crippen MR) is 69.1 cm³/mol. The van der Waals surface area contributed by atoms with Crippen molar-refractivity contribution < 1.29 is 13.9 Å². The van der Waals surface area contributed by atoms with Crippen LogP contribution in [0.5, 0.6) is 0 Å². The molecule has 0 fully saturated rings. The van der Waals surface area contributed by atoms with E-state index in [1.54, 1.807) is 12.1 Å². The third-order valence-corrected chi connectivity index (χ3v) is 2.89. The van der Waals surface area contributed by atoms with E-state index in [4.69, 9.17) is 20.5 Å². The van der Waals surface area contributed by atoms with Crippen molar-refractivity contribution >= 4 is 17.3 Å². The molecule has 7 nitrogen and oxygen atoms in total. The molecule has 0 aliphatic carbocycles. The average molecular weight is 292 g/mol. The number of non-ortho nitro benzene ring substituents is 1. The number of aromatic nitrogens is 2. The Balaban J connectivity index is 2.05. The lowest BCUT2D eigenvalue weighted by molar-refractivity contribution is -0.384. The molecule has 3 aromatic rings. The molecule has 8 heteroatoms. The maximum Gasteiger partial charge on any atom is 0.270 e. The van der Waals surface area contributed by atoms with Gasteiger partial charge in [0, 0.05) is 12.1 Å². The van der Waals surface area contributed by atoms with E-state index < -0.39 is 4.92 Å². The molecule has 2 heterocycles. The minimum Gasteiger partial charge on any atom is -0.461 e. The minimum absolute atomic E-state index is 0.0881. The molecule has 0 N–H and O–H groups in total. The van der Waals surface area contributed by atoms with E-state index in [1.807, 2.05) is 0 Å². The Morgan fingerprint density at radius 3 is 2.85 bits per heavy atom. The van der Waals surface area contributed by atoms with E-state index in [1.165, 1.54) is 24.5 Å². The maximum absolute atomic E-state index is 10.8. The fraction of sp³-hybridized carbons (Fsp3) is 0. The van der Waals surface area contributed by atoms with Gasteiger partial charge in [-0.2, -0.15) is 4.98 Å². The van der Waals surface area contributed by atoms with Gasteiger partial charge in [0.1, 0.15) is 0 Å². The first-order chi connectivity index (χ1) is 9.65. The molecule has 0 aliphatic heterocycles. The lowest BCUT2D eigenvalue weighted by Gasteiger charge is -1.98. The number of nitro groups is 1. The Hall–Kier alpha value is -2.67. The molecule has 0 amide bonds. The van der Waals surface area contributed by atoms with Gasteiger partial charge in [0.15, 0.2) is 5.76 Å². The van der Waals surface area contributed by atoms with Crippen LogP contribution in [0, 0.1) is 10.1 Å². The Morgan fingerprint density at radius 1 is 1.30 bits per heavy atom. The van der Waals surface area contributed by atoms with Gasteiger partial charge in [-0.3, -0.25) is 10.1 Å². The first-order valence-corrected chi connectivity index (χ1v) is 5.85. The number of nitro benzene ring substituents is 1. The Kier molecular flexibility index (Phi) is 2.96. The monoisotopic (exact) mass is 291 g/mol. The van der Waals surface area contributed by atoms with Crippen LogP contribution < -0.4 is 0 Å². The van der Waals surface area contributed by atoms with Crippen LogP contribution in [0.15, 0.2) is 45.5 Å². The summed E-state index contributed by atoms with van der Waals surface area (Å²) in [6, 6.07) is 7.35. The highest BCUT2D eigenvalue weighted by Gasteiger charge is 2.18. The molecule has 0 spiro atoms. The number of furan rings is 1. The van der Waals surface area contributed by atoms with E-state index in [0.717, 1.165) is 0 Å². The maximum atomic E-state index is 10.8. The normalized spacial score (nSPS) is 10.7. The van der Waals surface area contributed by atoms with Crippen LogP contribution in [0.25, 0.3) is 23.0 Å². The van der Waals surface area contributed by atoms with Gasteiger partial charge >= 0.3 is 0 Å². The van der Waals surface area contributed by atoms with E-state index in [9.17, 15) is 10.1 Å². The first kappa shape index (κ1) is 12.4. The van der Waals surface area contributed by atoms with Crippen molar-refractivity contribution in [1.29, 1.82) is 0 Å². The Morgan fingerprint density at radius 2 is 2.15 bits per heavy atom. The molecule has 20 heavy (non-hydrogen) atoms. The highest BCUT2D eigenvalue weighted by molar-refractivity contribution is 6.33. The number of benzene rings is 1. The van der Waals surface area contributed by atoms with Crippen molar-refractivity contribution in [2.45, 2.75) is 0 Å². The summed E-state index contributed by atoms with van der Waals surface area (Å²) < 4.78 is 10.2. The van der Waals surface area contributed by atoms with Crippen LogP contribution in [0.1, 0.15) is 0 Å². The second-order valence-corrected chi connectivity index (χ2v) is 4.23. The van der Waals surface area contributed by atoms with Gasteiger partial charge in [-0.25, -0.2) is 0 Å². The molecular formula is C12H6ClN3O4. The summed E-state index contributed by atoms with van der Waals surface area (Å²) in [5, 5.41) is 14.8. The van der Waals surface area contributed by atoms with Crippen molar-refractivity contribution in [3.8, 4) is 23.0 Å². The second kappa shape index (κ2) is 4.78. The molecule has 0 radical (unpaired) electrons. The lowest BCUT2D eigenvalue weighted by Crippen LogP contribution is -1.89. The zero-order valence-corrected chi connectivity index (χ0v) is 10.6. The van der Waals surface area contributed by atoms with Crippen molar-refractivity contribution in [2.24, 2.45) is 0 Å². The summed E-state index contributed by atoms with van der Waals surface area (Å²) in [5.74, 6) is 0.763. The first-order valence-electron chi connectivity index (χ1n) is 5.47. The predicted octanol–water partition coefficient (Wildman–Crippen LogP) is 3.56. The smallest absolute Gasteiger partial charge is 0.270 e. The topological polar surface area (TPSA) is 95.2 Å². The molecular weight excluding hydrogens is 286 g/mol. The van der Waals surface area contributed by atoms with Gasteiger partial charge in [0.25, 0.3) is 11.6 Å². The van der Waals surface area contributed by atoms with Crippen LogP contribution in [-0.2, 0) is 0 Å². The van der Waals surface area contributed by atoms with Crippen molar-refractivity contribution in [1.82, 2.24) is 10.1 Å². The number of hydrogen-bond donors (Lipinski definition) is 0. The van der Waals surface area contributed by atoms with Gasteiger partial charge in [-0.15, -0.1) is 0 Å². The van der Waals surface area contributed by atoms with E-state index in [0.29, 0.717) is 11.3 Å². The van der Waals surface area contributed by atoms with Crippen LogP contribution in [-0.4, -0.2) is 15.1 Å². The second-order valence-electron chi connectivity index (χ2n) is 3.82. The zero-order chi connectivity index (χ0) is 14.1. The molecule has 3 rings (SSSR count). The minimum atomic E-state index is -0.524. The molecule has 0 atom stereocenters. The number of hydrogen-bond acceptors (Lipinski definition) is 6. The number of halogens is 1. The van der Waals surface area contributed by atoms with Gasteiger partial charge in [0.05, 0.1) is 21.8 Å². The van der Waals surface area contributed by atoms with Crippen LogP contribution >= 0.6 is 11.6 Å². The molecule has 0 unspecified atom stereocenters. The Bertz CT molecular complexity index is 767. The highest BCUT2D eigenvalue weighted by Crippen LogP contribution is 2.31. The Labute approximate surface area is 116 Å². The SMILES string of the molecule is O=[N+]([O-])c1ccc(Cl)c(-c2nc(-c3ccco3)no2)c1. The molecule has 2 aromatic heterocycles. The summed E-state index contributed by atoms with van der Waals surface area (Å²) in [6.45, 7) is 0. The van der Waals surface area contributed by atoms with E-state index in [2.05, 4.69) is 10.1 Å². The number of rotatable bonds is 3. The van der Waals surface area contributed by atoms with Gasteiger partial charge in [-0.1, -0.05) is 16.8 Å². The quantitative estimate of drug-likeness (QED) is 0.541. The van der Waals surface area contributed by atoms with E-state index >= 15 is 0 Å². The van der Waals surface area contributed by atoms with Gasteiger partial charge in [0.2, 0.25) is 5.82 Å². The molecule has 0 bridgehead atoms. The highest BCUT2D eigenvalue weighted by atomic mass is 35.5. The van der Waals surface area contributed by atoms with Crippen LogP contribution in [0.2, 0.25) is 5.02 Å². The fourth-order valence-electron chi connectivity index (χ4n) is 1.63. The van der Waals surface area contributed by atoms with Gasteiger partial charge < -0.3 is 8.94 Å². The third-order valence-electron chi connectivity index (χ3n) is 2.56. The summed E-state index contributed by atoms with van der Waals surface area (Å²) in [5.41, 5.74) is 0.188. The molecule has 0 saturated heterocycles. The third kappa shape index (κ3) is 2.14. The fourth-order valence-corrected chi connectivity index (χ4v) is 1.83. The standard InChI is InChI=1S/C12H6ClN3O4/c13-9-4-3-7(16(17)18)6-8(9)12-14-11(15-20-12)10-2-1-5-19-10/h1-6H. The summed E-state index contributed by atoms with van der Waals surface area (Å²) >= 11 is 6.00. The molecule has 0 aliphatic rings. The molecule has 1 aromatic carbocycles. The number of nitrogens with zero attached hydrogens (tertiary/aromatic N) is 3. The van der Waals surface area contributed by atoms with Crippen LogP contribution in [0.4, 0.5) is 5.69 Å². The zero-order valence-electron chi connectivity index (χ0n) is 9.82. The molecule has 0 saturated carbocycles. The van der Waals surface area contributed by atoms with Crippen LogP contribution in [0.3, 0.4) is 0 Å². The van der Waals surface area contributed by atoms with E-state index in [-0.39, 0.29) is 22.4 Å². The van der Waals surface area contributed by atoms with Crippen molar-refractivity contribution in [3.63, 3.8) is 0 Å². The largest absolute Gasteiger partial charge is 0.461 e. The van der Waals surface area contributed by atoms with Crippen molar-refractivity contribution in [2.75, 3.05) is 0 Å². The van der Waals surface area contributed by atoms with Crippen molar-refractivity contribution in [3.05, 3.63) is 51.7 Å². The molecule has 100 valence electrons. The average Bonchev–Trinajstić information content (AvgIpc) is 3.10. The summed E-state index contributed by atoms with van der Waals surface area (Å²) in [7, 11) is 0.